The number of hydrogen-bond donors (Lipinski definition) is 1. The molecule has 0 amide bonds. The number of hydrogen-bond acceptors (Lipinski definition) is 1. The SMILES string of the molecule is C1CCC(NCC(C2CC2)C2CC2)C1. The quantitative estimate of drug-likeness (QED) is 0.708. The van der Waals surface area contributed by atoms with E-state index in [9.17, 15) is 0 Å². The summed E-state index contributed by atoms with van der Waals surface area (Å²) in [6.07, 6.45) is 12.0. The molecule has 0 aromatic carbocycles. The third-order valence-electron chi connectivity index (χ3n) is 4.45. The zero-order valence-corrected chi connectivity index (χ0v) is 9.17. The molecule has 0 radical (unpaired) electrons. The average molecular weight is 193 g/mol. The van der Waals surface area contributed by atoms with Gasteiger partial charge in [0.25, 0.3) is 0 Å². The van der Waals surface area contributed by atoms with Crippen LogP contribution in [-0.4, -0.2) is 12.6 Å². The van der Waals surface area contributed by atoms with Crippen LogP contribution in [0, 0.1) is 17.8 Å². The molecule has 3 aliphatic carbocycles. The van der Waals surface area contributed by atoms with Crippen molar-refractivity contribution in [3.8, 4) is 0 Å². The predicted molar refractivity (Wildman–Crippen MR) is 59.2 cm³/mol. The largest absolute Gasteiger partial charge is 0.314 e. The zero-order chi connectivity index (χ0) is 9.38. The van der Waals surface area contributed by atoms with E-state index in [1.54, 1.807) is 0 Å². The maximum absolute atomic E-state index is 3.82. The first-order chi connectivity index (χ1) is 6.93. The van der Waals surface area contributed by atoms with Crippen molar-refractivity contribution >= 4 is 0 Å². The molecule has 3 saturated carbocycles. The van der Waals surface area contributed by atoms with Gasteiger partial charge >= 0.3 is 0 Å². The average Bonchev–Trinajstić information content (AvgIpc) is 3.09. The van der Waals surface area contributed by atoms with E-state index in [1.807, 2.05) is 0 Å². The Labute approximate surface area is 87.7 Å². The molecule has 0 aromatic rings. The van der Waals surface area contributed by atoms with Crippen molar-refractivity contribution in [1.82, 2.24) is 5.32 Å². The second-order valence-electron chi connectivity index (χ2n) is 5.73. The summed E-state index contributed by atoms with van der Waals surface area (Å²) in [5, 5.41) is 3.82. The van der Waals surface area contributed by atoms with Gasteiger partial charge in [0.2, 0.25) is 0 Å². The fourth-order valence-electron chi connectivity index (χ4n) is 3.20. The minimum absolute atomic E-state index is 0.884. The van der Waals surface area contributed by atoms with E-state index in [0.717, 1.165) is 23.8 Å². The van der Waals surface area contributed by atoms with Crippen molar-refractivity contribution in [2.75, 3.05) is 6.54 Å². The summed E-state index contributed by atoms with van der Waals surface area (Å²) in [6, 6.07) is 0.884. The van der Waals surface area contributed by atoms with E-state index in [1.165, 1.54) is 57.9 Å². The highest BCUT2D eigenvalue weighted by molar-refractivity contribution is 4.93. The molecule has 0 bridgehead atoms. The summed E-state index contributed by atoms with van der Waals surface area (Å²) in [6.45, 7) is 1.35. The van der Waals surface area contributed by atoms with Crippen LogP contribution in [0.15, 0.2) is 0 Å². The lowest BCUT2D eigenvalue weighted by Gasteiger charge is -2.19. The van der Waals surface area contributed by atoms with Crippen molar-refractivity contribution in [1.29, 1.82) is 0 Å². The monoisotopic (exact) mass is 193 g/mol. The van der Waals surface area contributed by atoms with Crippen LogP contribution in [0.3, 0.4) is 0 Å². The Balaban J connectivity index is 1.44. The maximum Gasteiger partial charge on any atom is 0.00671 e. The van der Waals surface area contributed by atoms with Crippen LogP contribution in [-0.2, 0) is 0 Å². The summed E-state index contributed by atoms with van der Waals surface area (Å²) in [7, 11) is 0. The van der Waals surface area contributed by atoms with Crippen molar-refractivity contribution in [2.45, 2.75) is 57.4 Å². The van der Waals surface area contributed by atoms with Gasteiger partial charge in [0.1, 0.15) is 0 Å². The molecule has 1 nitrogen and oxygen atoms in total. The molecule has 80 valence electrons. The Morgan fingerprint density at radius 3 is 1.93 bits per heavy atom. The first kappa shape index (κ1) is 9.21. The van der Waals surface area contributed by atoms with Crippen molar-refractivity contribution in [2.24, 2.45) is 17.8 Å². The number of nitrogens with one attached hydrogen (secondary N) is 1. The highest BCUT2D eigenvalue weighted by Gasteiger charge is 2.41. The van der Waals surface area contributed by atoms with E-state index >= 15 is 0 Å². The molecule has 3 aliphatic rings. The normalized spacial score (nSPS) is 28.9. The molecule has 14 heavy (non-hydrogen) atoms. The fourth-order valence-corrected chi connectivity index (χ4v) is 3.20. The molecular weight excluding hydrogens is 170 g/mol. The summed E-state index contributed by atoms with van der Waals surface area (Å²) in [5.41, 5.74) is 0. The molecular formula is C13H23N. The molecule has 0 spiro atoms. The third kappa shape index (κ3) is 2.13. The second-order valence-corrected chi connectivity index (χ2v) is 5.73. The van der Waals surface area contributed by atoms with E-state index in [0.29, 0.717) is 0 Å². The predicted octanol–water partition coefficient (Wildman–Crippen LogP) is 2.95. The molecule has 0 saturated heterocycles. The molecule has 3 rings (SSSR count). The van der Waals surface area contributed by atoms with Crippen molar-refractivity contribution < 1.29 is 0 Å². The van der Waals surface area contributed by atoms with Crippen molar-refractivity contribution in [3.05, 3.63) is 0 Å². The molecule has 0 aliphatic heterocycles. The van der Waals surface area contributed by atoms with E-state index in [-0.39, 0.29) is 0 Å². The smallest absolute Gasteiger partial charge is 0.00671 e. The fraction of sp³-hybridized carbons (Fsp3) is 1.00. The van der Waals surface area contributed by atoms with Crippen LogP contribution in [0.25, 0.3) is 0 Å². The van der Waals surface area contributed by atoms with Gasteiger partial charge in [0.15, 0.2) is 0 Å². The summed E-state index contributed by atoms with van der Waals surface area (Å²) in [5.74, 6) is 3.31. The van der Waals surface area contributed by atoms with Gasteiger partial charge in [0, 0.05) is 6.04 Å². The van der Waals surface area contributed by atoms with Crippen LogP contribution in [0.5, 0.6) is 0 Å². The summed E-state index contributed by atoms with van der Waals surface area (Å²) < 4.78 is 0. The van der Waals surface area contributed by atoms with Crippen LogP contribution >= 0.6 is 0 Å². The van der Waals surface area contributed by atoms with Gasteiger partial charge < -0.3 is 5.32 Å². The molecule has 1 heteroatoms. The van der Waals surface area contributed by atoms with Gasteiger partial charge in [-0.1, -0.05) is 12.8 Å². The van der Waals surface area contributed by atoms with Gasteiger partial charge in [0.05, 0.1) is 0 Å². The molecule has 3 fully saturated rings. The Morgan fingerprint density at radius 2 is 1.43 bits per heavy atom. The van der Waals surface area contributed by atoms with Crippen LogP contribution in [0.4, 0.5) is 0 Å². The van der Waals surface area contributed by atoms with Crippen LogP contribution < -0.4 is 5.32 Å². The Hall–Kier alpha value is -0.0400. The van der Waals surface area contributed by atoms with Gasteiger partial charge in [-0.3, -0.25) is 0 Å². The topological polar surface area (TPSA) is 12.0 Å². The summed E-state index contributed by atoms with van der Waals surface area (Å²) in [4.78, 5) is 0. The zero-order valence-electron chi connectivity index (χ0n) is 9.17. The minimum Gasteiger partial charge on any atom is -0.314 e. The third-order valence-corrected chi connectivity index (χ3v) is 4.45. The van der Waals surface area contributed by atoms with E-state index < -0.39 is 0 Å². The molecule has 1 N–H and O–H groups in total. The highest BCUT2D eigenvalue weighted by Crippen LogP contribution is 2.48. The Bertz CT molecular complexity index is 175. The van der Waals surface area contributed by atoms with Crippen LogP contribution in [0.2, 0.25) is 0 Å². The minimum atomic E-state index is 0.884. The van der Waals surface area contributed by atoms with E-state index in [4.69, 9.17) is 0 Å². The lowest BCUT2D eigenvalue weighted by molar-refractivity contribution is 0.355. The first-order valence-corrected chi connectivity index (χ1v) is 6.67. The number of rotatable bonds is 5. The van der Waals surface area contributed by atoms with Crippen molar-refractivity contribution in [3.63, 3.8) is 0 Å². The first-order valence-electron chi connectivity index (χ1n) is 6.67. The molecule has 0 aromatic heterocycles. The second kappa shape index (κ2) is 3.84. The van der Waals surface area contributed by atoms with Gasteiger partial charge in [-0.25, -0.2) is 0 Å². The lowest BCUT2D eigenvalue weighted by Crippen LogP contribution is -2.32. The van der Waals surface area contributed by atoms with Gasteiger partial charge in [-0.2, -0.15) is 0 Å². The molecule has 0 unspecified atom stereocenters. The lowest BCUT2D eigenvalue weighted by atomic mass is 9.97. The highest BCUT2D eigenvalue weighted by atomic mass is 14.9. The van der Waals surface area contributed by atoms with Crippen LogP contribution in [0.1, 0.15) is 51.4 Å². The van der Waals surface area contributed by atoms with Gasteiger partial charge in [-0.05, 0) is 62.8 Å². The van der Waals surface area contributed by atoms with Gasteiger partial charge in [-0.15, -0.1) is 0 Å². The molecule has 0 heterocycles. The maximum atomic E-state index is 3.82. The van der Waals surface area contributed by atoms with E-state index in [2.05, 4.69) is 5.32 Å². The Morgan fingerprint density at radius 1 is 0.857 bits per heavy atom. The Kier molecular flexibility index (Phi) is 2.53. The summed E-state index contributed by atoms with van der Waals surface area (Å²) >= 11 is 0. The standard InChI is InChI=1S/C13H23N/c1-2-4-12(3-1)14-9-13(10-5-6-10)11-7-8-11/h10-14H,1-9H2. The molecule has 0 atom stereocenters.